The fraction of sp³-hybridized carbons (Fsp3) is 0.471. The third-order valence-electron chi connectivity index (χ3n) is 4.11. The lowest BCUT2D eigenvalue weighted by molar-refractivity contribution is -0.137. The SMILES string of the molecule is CCn1c(S[C@H](C)C(=O)Nc2cccc(C(F)(F)F)c2)nnc1C1CC1. The lowest BCUT2D eigenvalue weighted by Crippen LogP contribution is -2.23. The van der Waals surface area contributed by atoms with Crippen molar-refractivity contribution in [3.63, 3.8) is 0 Å². The number of amides is 1. The van der Waals surface area contributed by atoms with Gasteiger partial charge in [0.15, 0.2) is 5.16 Å². The summed E-state index contributed by atoms with van der Waals surface area (Å²) in [5, 5.41) is 11.1. The summed E-state index contributed by atoms with van der Waals surface area (Å²) in [6.07, 6.45) is -2.24. The van der Waals surface area contributed by atoms with E-state index in [-0.39, 0.29) is 11.6 Å². The van der Waals surface area contributed by atoms with E-state index in [1.165, 1.54) is 23.9 Å². The molecule has 5 nitrogen and oxygen atoms in total. The maximum absolute atomic E-state index is 12.8. The average Bonchev–Trinajstić information content (AvgIpc) is 3.35. The van der Waals surface area contributed by atoms with Gasteiger partial charge in [-0.1, -0.05) is 17.8 Å². The van der Waals surface area contributed by atoms with Gasteiger partial charge in [-0.2, -0.15) is 13.2 Å². The van der Waals surface area contributed by atoms with Crippen molar-refractivity contribution in [2.45, 2.75) is 55.7 Å². The number of halogens is 3. The molecule has 0 bridgehead atoms. The molecule has 1 aliphatic rings. The molecule has 0 unspecified atom stereocenters. The van der Waals surface area contributed by atoms with Crippen LogP contribution in [0.4, 0.5) is 18.9 Å². The van der Waals surface area contributed by atoms with E-state index in [1.54, 1.807) is 6.92 Å². The van der Waals surface area contributed by atoms with E-state index in [0.29, 0.717) is 17.6 Å². The molecule has 1 aliphatic carbocycles. The minimum Gasteiger partial charge on any atom is -0.325 e. The molecular formula is C17H19F3N4OS. The van der Waals surface area contributed by atoms with Crippen LogP contribution in [-0.2, 0) is 17.5 Å². The number of hydrogen-bond donors (Lipinski definition) is 1. The van der Waals surface area contributed by atoms with Crippen LogP contribution >= 0.6 is 11.8 Å². The minimum atomic E-state index is -4.45. The van der Waals surface area contributed by atoms with Crippen LogP contribution in [0.15, 0.2) is 29.4 Å². The second-order valence-corrected chi connectivity index (χ2v) is 7.50. The predicted molar refractivity (Wildman–Crippen MR) is 93.1 cm³/mol. The van der Waals surface area contributed by atoms with Crippen LogP contribution in [-0.4, -0.2) is 25.9 Å². The lowest BCUT2D eigenvalue weighted by atomic mass is 10.2. The first kappa shape index (κ1) is 18.8. The average molecular weight is 384 g/mol. The molecule has 9 heteroatoms. The smallest absolute Gasteiger partial charge is 0.325 e. The second kappa shape index (κ2) is 7.30. The van der Waals surface area contributed by atoms with Crippen LogP contribution in [0.5, 0.6) is 0 Å². The number of rotatable bonds is 6. The fourth-order valence-corrected chi connectivity index (χ4v) is 3.48. The van der Waals surface area contributed by atoms with Crippen molar-refractivity contribution in [1.82, 2.24) is 14.8 Å². The molecule has 1 atom stereocenters. The molecular weight excluding hydrogens is 365 g/mol. The number of aromatic nitrogens is 3. The van der Waals surface area contributed by atoms with Crippen molar-refractivity contribution in [3.05, 3.63) is 35.7 Å². The molecule has 1 N–H and O–H groups in total. The molecule has 1 saturated carbocycles. The van der Waals surface area contributed by atoms with Crippen LogP contribution in [0.3, 0.4) is 0 Å². The van der Waals surface area contributed by atoms with E-state index in [0.717, 1.165) is 30.8 Å². The molecule has 0 spiro atoms. The Morgan fingerprint density at radius 2 is 2.12 bits per heavy atom. The van der Waals surface area contributed by atoms with Crippen molar-refractivity contribution < 1.29 is 18.0 Å². The Kier molecular flexibility index (Phi) is 5.27. The van der Waals surface area contributed by atoms with E-state index >= 15 is 0 Å². The molecule has 1 amide bonds. The highest BCUT2D eigenvalue weighted by Gasteiger charge is 2.32. The number of anilines is 1. The summed E-state index contributed by atoms with van der Waals surface area (Å²) in [5.41, 5.74) is -0.677. The van der Waals surface area contributed by atoms with Crippen LogP contribution in [0.1, 0.15) is 44.0 Å². The number of thioether (sulfide) groups is 1. The van der Waals surface area contributed by atoms with Gasteiger partial charge >= 0.3 is 6.18 Å². The van der Waals surface area contributed by atoms with Gasteiger partial charge in [-0.3, -0.25) is 4.79 Å². The largest absolute Gasteiger partial charge is 0.416 e. The van der Waals surface area contributed by atoms with Crippen LogP contribution in [0.25, 0.3) is 0 Å². The quantitative estimate of drug-likeness (QED) is 0.754. The molecule has 0 aliphatic heterocycles. The van der Waals surface area contributed by atoms with Gasteiger partial charge in [0.2, 0.25) is 5.91 Å². The summed E-state index contributed by atoms with van der Waals surface area (Å²) in [6, 6.07) is 4.60. The highest BCUT2D eigenvalue weighted by atomic mass is 32.2. The van der Waals surface area contributed by atoms with Crippen molar-refractivity contribution in [2.75, 3.05) is 5.32 Å². The molecule has 26 heavy (non-hydrogen) atoms. The normalized spacial score (nSPS) is 15.7. The molecule has 0 radical (unpaired) electrons. The van der Waals surface area contributed by atoms with Crippen molar-refractivity contribution >= 4 is 23.4 Å². The van der Waals surface area contributed by atoms with E-state index in [9.17, 15) is 18.0 Å². The maximum Gasteiger partial charge on any atom is 0.416 e. The van der Waals surface area contributed by atoms with Crippen LogP contribution < -0.4 is 5.32 Å². The van der Waals surface area contributed by atoms with Gasteiger partial charge in [0, 0.05) is 18.2 Å². The van der Waals surface area contributed by atoms with Crippen LogP contribution in [0, 0.1) is 0 Å². The van der Waals surface area contributed by atoms with Gasteiger partial charge in [0.25, 0.3) is 0 Å². The lowest BCUT2D eigenvalue weighted by Gasteiger charge is -2.14. The number of nitrogens with one attached hydrogen (secondary N) is 1. The summed E-state index contributed by atoms with van der Waals surface area (Å²) < 4.78 is 40.3. The molecule has 2 aromatic rings. The number of carbonyl (C=O) groups is 1. The number of benzene rings is 1. The topological polar surface area (TPSA) is 59.8 Å². The zero-order valence-corrected chi connectivity index (χ0v) is 15.2. The Morgan fingerprint density at radius 3 is 2.73 bits per heavy atom. The zero-order chi connectivity index (χ0) is 18.9. The first-order valence-corrected chi connectivity index (χ1v) is 9.25. The Balaban J connectivity index is 1.67. The predicted octanol–water partition coefficient (Wildman–Crippen LogP) is 4.31. The van der Waals surface area contributed by atoms with Gasteiger partial charge in [-0.15, -0.1) is 10.2 Å². The zero-order valence-electron chi connectivity index (χ0n) is 14.4. The Labute approximate surface area is 153 Å². The number of carbonyl (C=O) groups excluding carboxylic acids is 1. The molecule has 1 fully saturated rings. The molecule has 1 heterocycles. The molecule has 3 rings (SSSR count). The summed E-state index contributed by atoms with van der Waals surface area (Å²) in [7, 11) is 0. The van der Waals surface area contributed by atoms with Crippen molar-refractivity contribution in [2.24, 2.45) is 0 Å². The fourth-order valence-electron chi connectivity index (χ4n) is 2.56. The van der Waals surface area contributed by atoms with E-state index in [2.05, 4.69) is 15.5 Å². The number of nitrogens with zero attached hydrogens (tertiary/aromatic N) is 3. The molecule has 1 aromatic heterocycles. The van der Waals surface area contributed by atoms with Crippen molar-refractivity contribution in [3.8, 4) is 0 Å². The van der Waals surface area contributed by atoms with Gasteiger partial charge in [-0.25, -0.2) is 0 Å². The standard InChI is InChI=1S/C17H19F3N4OS/c1-3-24-14(11-7-8-11)22-23-16(24)26-10(2)15(25)21-13-6-4-5-12(9-13)17(18,19)20/h4-6,9-11H,3,7-8H2,1-2H3,(H,21,25)/t10-/m1/s1. The van der Waals surface area contributed by atoms with Gasteiger partial charge in [0.05, 0.1) is 10.8 Å². The van der Waals surface area contributed by atoms with E-state index in [1.807, 2.05) is 11.5 Å². The molecule has 1 aromatic carbocycles. The molecule has 0 saturated heterocycles. The maximum atomic E-state index is 12.8. The second-order valence-electron chi connectivity index (χ2n) is 6.19. The third kappa shape index (κ3) is 4.20. The Hall–Kier alpha value is -2.03. The Bertz CT molecular complexity index is 802. The van der Waals surface area contributed by atoms with Crippen LogP contribution in [0.2, 0.25) is 0 Å². The first-order valence-electron chi connectivity index (χ1n) is 8.37. The molecule has 140 valence electrons. The summed E-state index contributed by atoms with van der Waals surface area (Å²) in [4.78, 5) is 12.4. The highest BCUT2D eigenvalue weighted by Crippen LogP contribution is 2.40. The Morgan fingerprint density at radius 1 is 1.38 bits per heavy atom. The minimum absolute atomic E-state index is 0.118. The monoisotopic (exact) mass is 384 g/mol. The number of hydrogen-bond acceptors (Lipinski definition) is 4. The third-order valence-corrected chi connectivity index (χ3v) is 5.19. The van der Waals surface area contributed by atoms with Gasteiger partial charge < -0.3 is 9.88 Å². The highest BCUT2D eigenvalue weighted by molar-refractivity contribution is 8.00. The summed E-state index contributed by atoms with van der Waals surface area (Å²) in [5.74, 6) is 1.01. The van der Waals surface area contributed by atoms with E-state index < -0.39 is 17.0 Å². The van der Waals surface area contributed by atoms with Gasteiger partial charge in [0.1, 0.15) is 5.82 Å². The first-order chi connectivity index (χ1) is 12.3. The van der Waals surface area contributed by atoms with Gasteiger partial charge in [-0.05, 0) is 44.9 Å². The summed E-state index contributed by atoms with van der Waals surface area (Å²) >= 11 is 1.25. The number of alkyl halides is 3. The van der Waals surface area contributed by atoms with E-state index in [4.69, 9.17) is 0 Å². The summed E-state index contributed by atoms with van der Waals surface area (Å²) in [6.45, 7) is 4.40. The van der Waals surface area contributed by atoms with Crippen molar-refractivity contribution in [1.29, 1.82) is 0 Å².